The summed E-state index contributed by atoms with van der Waals surface area (Å²) in [6, 6.07) is 6.30. The predicted molar refractivity (Wildman–Crippen MR) is 88.3 cm³/mol. The standard InChI is InChI=1S/C18H21FN4O2/c1-22-8-9-23(16(24)10-13-4-2-3-5-14(13)19)11-15(22)18-20-17(21-25-18)12-6-7-12/h2-5,12,15H,6-11H2,1H3/t15-/m1/s1. The van der Waals surface area contributed by atoms with Gasteiger partial charge in [-0.15, -0.1) is 0 Å². The van der Waals surface area contributed by atoms with Crippen LogP contribution in [0.1, 0.15) is 42.1 Å². The van der Waals surface area contributed by atoms with Gasteiger partial charge in [0.15, 0.2) is 5.82 Å². The molecule has 1 atom stereocenters. The molecule has 0 unspecified atom stereocenters. The van der Waals surface area contributed by atoms with Crippen LogP contribution in [0.5, 0.6) is 0 Å². The van der Waals surface area contributed by atoms with Crippen LogP contribution in [0.4, 0.5) is 4.39 Å². The molecule has 25 heavy (non-hydrogen) atoms. The van der Waals surface area contributed by atoms with Gasteiger partial charge in [0.1, 0.15) is 11.9 Å². The smallest absolute Gasteiger partial charge is 0.245 e. The van der Waals surface area contributed by atoms with Crippen LogP contribution in [0.25, 0.3) is 0 Å². The maximum absolute atomic E-state index is 13.8. The molecule has 4 rings (SSSR count). The molecule has 0 N–H and O–H groups in total. The number of carbonyl (C=O) groups excluding carboxylic acids is 1. The molecule has 1 aromatic carbocycles. The van der Waals surface area contributed by atoms with Crippen LogP contribution in [-0.2, 0) is 11.2 Å². The first-order valence-corrected chi connectivity index (χ1v) is 8.66. The van der Waals surface area contributed by atoms with Gasteiger partial charge < -0.3 is 9.42 Å². The van der Waals surface area contributed by atoms with Gasteiger partial charge in [0.25, 0.3) is 0 Å². The average Bonchev–Trinajstić information content (AvgIpc) is 3.35. The Balaban J connectivity index is 1.45. The minimum atomic E-state index is -0.340. The maximum Gasteiger partial charge on any atom is 0.245 e. The Labute approximate surface area is 145 Å². The summed E-state index contributed by atoms with van der Waals surface area (Å²) in [7, 11) is 1.99. The summed E-state index contributed by atoms with van der Waals surface area (Å²) in [6.45, 7) is 1.81. The lowest BCUT2D eigenvalue weighted by Crippen LogP contribution is -2.49. The molecule has 2 fully saturated rings. The van der Waals surface area contributed by atoms with Gasteiger partial charge in [-0.1, -0.05) is 23.4 Å². The van der Waals surface area contributed by atoms with E-state index < -0.39 is 0 Å². The highest BCUT2D eigenvalue weighted by Gasteiger charge is 2.35. The lowest BCUT2D eigenvalue weighted by Gasteiger charge is -2.37. The number of halogens is 1. The number of rotatable bonds is 4. The van der Waals surface area contributed by atoms with E-state index in [0.717, 1.165) is 25.2 Å². The maximum atomic E-state index is 13.8. The second kappa shape index (κ2) is 6.55. The number of benzene rings is 1. The number of hydrogen-bond donors (Lipinski definition) is 0. The number of carbonyl (C=O) groups is 1. The van der Waals surface area contributed by atoms with E-state index in [-0.39, 0.29) is 24.2 Å². The molecule has 1 saturated carbocycles. The van der Waals surface area contributed by atoms with Crippen molar-refractivity contribution in [2.45, 2.75) is 31.2 Å². The minimum absolute atomic E-state index is 0.0697. The third-order valence-corrected chi connectivity index (χ3v) is 4.99. The van der Waals surface area contributed by atoms with Crippen molar-refractivity contribution in [2.75, 3.05) is 26.7 Å². The topological polar surface area (TPSA) is 62.5 Å². The first-order chi connectivity index (χ1) is 12.1. The minimum Gasteiger partial charge on any atom is -0.339 e. The van der Waals surface area contributed by atoms with Crippen molar-refractivity contribution in [1.29, 1.82) is 0 Å². The van der Waals surface area contributed by atoms with Gasteiger partial charge in [0, 0.05) is 25.6 Å². The number of piperazine rings is 1. The van der Waals surface area contributed by atoms with Crippen molar-refractivity contribution in [3.63, 3.8) is 0 Å². The van der Waals surface area contributed by atoms with Crippen molar-refractivity contribution in [1.82, 2.24) is 19.9 Å². The van der Waals surface area contributed by atoms with Crippen LogP contribution in [0.3, 0.4) is 0 Å². The summed E-state index contributed by atoms with van der Waals surface area (Å²) in [5.41, 5.74) is 0.428. The lowest BCUT2D eigenvalue weighted by atomic mass is 10.1. The Bertz CT molecular complexity index is 774. The molecule has 1 amide bonds. The monoisotopic (exact) mass is 344 g/mol. The van der Waals surface area contributed by atoms with E-state index in [4.69, 9.17) is 4.52 Å². The highest BCUT2D eigenvalue weighted by atomic mass is 19.1. The molecule has 0 spiro atoms. The summed E-state index contributed by atoms with van der Waals surface area (Å²) >= 11 is 0. The Morgan fingerprint density at radius 3 is 2.88 bits per heavy atom. The zero-order chi connectivity index (χ0) is 17.4. The molecule has 0 radical (unpaired) electrons. The van der Waals surface area contributed by atoms with Gasteiger partial charge in [0.2, 0.25) is 11.8 Å². The number of hydrogen-bond acceptors (Lipinski definition) is 5. The van der Waals surface area contributed by atoms with Gasteiger partial charge in [-0.3, -0.25) is 9.69 Å². The third-order valence-electron chi connectivity index (χ3n) is 4.99. The van der Waals surface area contributed by atoms with Crippen molar-refractivity contribution >= 4 is 5.91 Å². The molecule has 0 bridgehead atoms. The lowest BCUT2D eigenvalue weighted by molar-refractivity contribution is -0.133. The molecule has 1 aromatic heterocycles. The first kappa shape index (κ1) is 16.2. The molecular weight excluding hydrogens is 323 g/mol. The number of likely N-dealkylation sites (N-methyl/N-ethyl adjacent to an activating group) is 1. The van der Waals surface area contributed by atoms with Crippen molar-refractivity contribution in [3.8, 4) is 0 Å². The van der Waals surface area contributed by atoms with Crippen LogP contribution in [0.2, 0.25) is 0 Å². The highest BCUT2D eigenvalue weighted by Crippen LogP contribution is 2.38. The van der Waals surface area contributed by atoms with Crippen LogP contribution in [-0.4, -0.2) is 52.5 Å². The van der Waals surface area contributed by atoms with Crippen LogP contribution in [0.15, 0.2) is 28.8 Å². The highest BCUT2D eigenvalue weighted by molar-refractivity contribution is 5.79. The largest absolute Gasteiger partial charge is 0.339 e. The van der Waals surface area contributed by atoms with E-state index in [0.29, 0.717) is 30.5 Å². The quantitative estimate of drug-likeness (QED) is 0.850. The number of nitrogens with zero attached hydrogens (tertiary/aromatic N) is 4. The molecular formula is C18H21FN4O2. The normalized spacial score (nSPS) is 21.5. The Morgan fingerprint density at radius 1 is 1.32 bits per heavy atom. The van der Waals surface area contributed by atoms with E-state index in [1.54, 1.807) is 23.1 Å². The SMILES string of the molecule is CN1CCN(C(=O)Cc2ccccc2F)C[C@@H]1c1nc(C2CC2)no1. The van der Waals surface area contributed by atoms with E-state index in [2.05, 4.69) is 15.0 Å². The zero-order valence-corrected chi connectivity index (χ0v) is 14.2. The molecule has 6 nitrogen and oxygen atoms in total. The summed E-state index contributed by atoms with van der Waals surface area (Å²) in [5.74, 6) is 1.36. The second-order valence-corrected chi connectivity index (χ2v) is 6.87. The predicted octanol–water partition coefficient (Wildman–Crippen LogP) is 2.14. The molecule has 2 aromatic rings. The fraction of sp³-hybridized carbons (Fsp3) is 0.500. The fourth-order valence-corrected chi connectivity index (χ4v) is 3.17. The third kappa shape index (κ3) is 3.42. The van der Waals surface area contributed by atoms with Crippen molar-refractivity contribution < 1.29 is 13.7 Å². The molecule has 2 aliphatic rings. The van der Waals surface area contributed by atoms with E-state index in [1.807, 2.05) is 7.05 Å². The first-order valence-electron chi connectivity index (χ1n) is 8.66. The zero-order valence-electron chi connectivity index (χ0n) is 14.2. The van der Waals surface area contributed by atoms with E-state index in [1.165, 1.54) is 6.07 Å². The Hall–Kier alpha value is -2.28. The average molecular weight is 344 g/mol. The molecule has 1 aliphatic heterocycles. The summed E-state index contributed by atoms with van der Waals surface area (Å²) < 4.78 is 19.2. The van der Waals surface area contributed by atoms with Gasteiger partial charge in [0.05, 0.1) is 6.42 Å². The van der Waals surface area contributed by atoms with Crippen LogP contribution in [0, 0.1) is 5.82 Å². The summed E-state index contributed by atoms with van der Waals surface area (Å²) in [4.78, 5) is 21.0. The number of amides is 1. The number of aromatic nitrogens is 2. The second-order valence-electron chi connectivity index (χ2n) is 6.87. The van der Waals surface area contributed by atoms with Gasteiger partial charge in [-0.05, 0) is 31.5 Å². The van der Waals surface area contributed by atoms with Crippen LogP contribution >= 0.6 is 0 Å². The van der Waals surface area contributed by atoms with Crippen molar-refractivity contribution in [2.24, 2.45) is 0 Å². The molecule has 132 valence electrons. The molecule has 7 heteroatoms. The Kier molecular flexibility index (Phi) is 4.25. The van der Waals surface area contributed by atoms with E-state index in [9.17, 15) is 9.18 Å². The molecule has 2 heterocycles. The van der Waals surface area contributed by atoms with Gasteiger partial charge in [-0.25, -0.2) is 4.39 Å². The Morgan fingerprint density at radius 2 is 2.12 bits per heavy atom. The molecule has 1 saturated heterocycles. The van der Waals surface area contributed by atoms with Crippen molar-refractivity contribution in [3.05, 3.63) is 47.4 Å². The van der Waals surface area contributed by atoms with Crippen LogP contribution < -0.4 is 0 Å². The summed E-state index contributed by atoms with van der Waals surface area (Å²) in [6.07, 6.45) is 2.31. The van der Waals surface area contributed by atoms with E-state index >= 15 is 0 Å². The summed E-state index contributed by atoms with van der Waals surface area (Å²) in [5, 5.41) is 4.07. The van der Waals surface area contributed by atoms with Gasteiger partial charge >= 0.3 is 0 Å². The molecule has 1 aliphatic carbocycles. The van der Waals surface area contributed by atoms with Gasteiger partial charge in [-0.2, -0.15) is 4.98 Å². The fourth-order valence-electron chi connectivity index (χ4n) is 3.17.